The summed E-state index contributed by atoms with van der Waals surface area (Å²) in [6, 6.07) is 11.8. The Morgan fingerprint density at radius 3 is 2.46 bits per heavy atom. The fourth-order valence-corrected chi connectivity index (χ4v) is 5.23. The maximum absolute atomic E-state index is 12.9. The molecular weight excluding hydrogens is 346 g/mol. The quantitative estimate of drug-likeness (QED) is 0.843. The van der Waals surface area contributed by atoms with Gasteiger partial charge in [0.1, 0.15) is 0 Å². The molecule has 1 saturated heterocycles. The number of rotatable bonds is 6. The molecule has 142 valence electrons. The Bertz CT molecular complexity index is 880. The second-order valence-corrected chi connectivity index (χ2v) is 9.34. The van der Waals surface area contributed by atoms with Crippen LogP contribution >= 0.6 is 0 Å². The molecular formula is C20H29N3O2S. The first-order chi connectivity index (χ1) is 12.3. The van der Waals surface area contributed by atoms with Gasteiger partial charge < -0.3 is 4.90 Å². The van der Waals surface area contributed by atoms with Crippen molar-refractivity contribution in [2.45, 2.75) is 31.2 Å². The molecule has 3 rings (SSSR count). The number of nitrogens with zero attached hydrogens (tertiary/aromatic N) is 2. The van der Waals surface area contributed by atoms with Crippen LogP contribution in [0.3, 0.4) is 0 Å². The topological polar surface area (TPSA) is 52.7 Å². The maximum atomic E-state index is 12.9. The Balaban J connectivity index is 1.80. The van der Waals surface area contributed by atoms with Crippen LogP contribution in [0.2, 0.25) is 0 Å². The third-order valence-electron chi connectivity index (χ3n) is 5.23. The predicted molar refractivity (Wildman–Crippen MR) is 108 cm³/mol. The highest BCUT2D eigenvalue weighted by Crippen LogP contribution is 2.30. The summed E-state index contributed by atoms with van der Waals surface area (Å²) in [5, 5.41) is 1.71. The van der Waals surface area contributed by atoms with Gasteiger partial charge in [-0.05, 0) is 31.4 Å². The first-order valence-corrected chi connectivity index (χ1v) is 10.7. The predicted octanol–water partition coefficient (Wildman–Crippen LogP) is 2.91. The number of fused-ring (bicyclic) bond motifs is 1. The van der Waals surface area contributed by atoms with Crippen LogP contribution in [0.4, 0.5) is 5.69 Å². The molecule has 1 aliphatic heterocycles. The van der Waals surface area contributed by atoms with E-state index in [1.807, 2.05) is 49.3 Å². The van der Waals surface area contributed by atoms with E-state index < -0.39 is 10.0 Å². The van der Waals surface area contributed by atoms with Gasteiger partial charge in [0.25, 0.3) is 0 Å². The molecule has 1 N–H and O–H groups in total. The first-order valence-electron chi connectivity index (χ1n) is 9.22. The Labute approximate surface area is 157 Å². The van der Waals surface area contributed by atoms with Gasteiger partial charge in [-0.1, -0.05) is 31.2 Å². The summed E-state index contributed by atoms with van der Waals surface area (Å²) in [6.45, 7) is 6.69. The number of sulfonamides is 1. The SMILES string of the molecule is CC1CC(C)N(CCNS(=O)(=O)c2cccc3c(N(C)C)cccc23)C1. The van der Waals surface area contributed by atoms with E-state index in [2.05, 4.69) is 23.5 Å². The Morgan fingerprint density at radius 2 is 1.81 bits per heavy atom. The normalized spacial score (nSPS) is 21.4. The van der Waals surface area contributed by atoms with Crippen molar-refractivity contribution in [1.82, 2.24) is 9.62 Å². The fraction of sp³-hybridized carbons (Fsp3) is 0.500. The molecule has 0 aliphatic carbocycles. The number of hydrogen-bond donors (Lipinski definition) is 1. The zero-order valence-electron chi connectivity index (χ0n) is 16.1. The van der Waals surface area contributed by atoms with Crippen molar-refractivity contribution in [1.29, 1.82) is 0 Å². The molecule has 0 aromatic heterocycles. The average Bonchev–Trinajstić information content (AvgIpc) is 2.91. The molecule has 26 heavy (non-hydrogen) atoms. The summed E-state index contributed by atoms with van der Waals surface area (Å²) in [5.41, 5.74) is 1.01. The minimum Gasteiger partial charge on any atom is -0.377 e. The highest BCUT2D eigenvalue weighted by molar-refractivity contribution is 7.89. The third-order valence-corrected chi connectivity index (χ3v) is 6.75. The van der Waals surface area contributed by atoms with E-state index in [1.165, 1.54) is 6.42 Å². The Hall–Kier alpha value is -1.63. The summed E-state index contributed by atoms with van der Waals surface area (Å²) >= 11 is 0. The van der Waals surface area contributed by atoms with Crippen LogP contribution in [-0.2, 0) is 10.0 Å². The molecule has 6 heteroatoms. The lowest BCUT2D eigenvalue weighted by Crippen LogP contribution is -2.36. The van der Waals surface area contributed by atoms with Crippen LogP contribution < -0.4 is 9.62 Å². The minimum absolute atomic E-state index is 0.349. The van der Waals surface area contributed by atoms with E-state index in [-0.39, 0.29) is 0 Å². The van der Waals surface area contributed by atoms with Crippen molar-refractivity contribution >= 4 is 26.5 Å². The summed E-state index contributed by atoms with van der Waals surface area (Å²) in [6.07, 6.45) is 1.18. The number of anilines is 1. The summed E-state index contributed by atoms with van der Waals surface area (Å²) in [4.78, 5) is 4.71. The number of nitrogens with one attached hydrogen (secondary N) is 1. The zero-order valence-corrected chi connectivity index (χ0v) is 16.9. The van der Waals surface area contributed by atoms with Crippen molar-refractivity contribution < 1.29 is 8.42 Å². The van der Waals surface area contributed by atoms with E-state index in [0.717, 1.165) is 29.5 Å². The monoisotopic (exact) mass is 375 g/mol. The van der Waals surface area contributed by atoms with Gasteiger partial charge in [-0.25, -0.2) is 13.1 Å². The van der Waals surface area contributed by atoms with Gasteiger partial charge >= 0.3 is 0 Å². The van der Waals surface area contributed by atoms with E-state index in [0.29, 0.717) is 23.4 Å². The molecule has 0 spiro atoms. The molecule has 1 aliphatic rings. The van der Waals surface area contributed by atoms with Gasteiger partial charge in [-0.3, -0.25) is 4.90 Å². The van der Waals surface area contributed by atoms with Crippen molar-refractivity contribution in [2.24, 2.45) is 5.92 Å². The molecule has 0 bridgehead atoms. The molecule has 1 fully saturated rings. The molecule has 5 nitrogen and oxygen atoms in total. The smallest absolute Gasteiger partial charge is 0.241 e. The molecule has 2 atom stereocenters. The summed E-state index contributed by atoms with van der Waals surface area (Å²) in [5.74, 6) is 0.684. The average molecular weight is 376 g/mol. The number of likely N-dealkylation sites (tertiary alicyclic amines) is 1. The van der Waals surface area contributed by atoms with E-state index in [4.69, 9.17) is 0 Å². The van der Waals surface area contributed by atoms with E-state index in [9.17, 15) is 8.42 Å². The van der Waals surface area contributed by atoms with Crippen LogP contribution in [0.15, 0.2) is 41.3 Å². The van der Waals surface area contributed by atoms with Crippen LogP contribution in [0, 0.1) is 5.92 Å². The van der Waals surface area contributed by atoms with E-state index >= 15 is 0 Å². The molecule has 1 heterocycles. The van der Waals surface area contributed by atoms with E-state index in [1.54, 1.807) is 6.07 Å². The highest BCUT2D eigenvalue weighted by atomic mass is 32.2. The van der Waals surface area contributed by atoms with Crippen molar-refractivity contribution in [3.8, 4) is 0 Å². The molecule has 0 radical (unpaired) electrons. The first kappa shape index (κ1) is 19.1. The van der Waals surface area contributed by atoms with Gasteiger partial charge in [0.15, 0.2) is 0 Å². The van der Waals surface area contributed by atoms with Crippen molar-refractivity contribution in [3.05, 3.63) is 36.4 Å². The minimum atomic E-state index is -3.55. The van der Waals surface area contributed by atoms with Crippen molar-refractivity contribution in [3.63, 3.8) is 0 Å². The highest BCUT2D eigenvalue weighted by Gasteiger charge is 2.26. The fourth-order valence-electron chi connectivity index (χ4n) is 3.99. The Kier molecular flexibility index (Phi) is 5.55. The van der Waals surface area contributed by atoms with Crippen LogP contribution in [-0.4, -0.2) is 53.1 Å². The number of benzene rings is 2. The van der Waals surface area contributed by atoms with Gasteiger partial charge in [0.05, 0.1) is 4.90 Å². The summed E-state index contributed by atoms with van der Waals surface area (Å²) in [7, 11) is 0.382. The molecule has 2 unspecified atom stereocenters. The lowest BCUT2D eigenvalue weighted by molar-refractivity contribution is 0.270. The number of hydrogen-bond acceptors (Lipinski definition) is 4. The lowest BCUT2D eigenvalue weighted by atomic mass is 10.1. The molecule has 2 aromatic rings. The van der Waals surface area contributed by atoms with Crippen LogP contribution in [0.25, 0.3) is 10.8 Å². The van der Waals surface area contributed by atoms with Crippen LogP contribution in [0.1, 0.15) is 20.3 Å². The molecule has 2 aromatic carbocycles. The second-order valence-electron chi connectivity index (χ2n) is 7.61. The zero-order chi connectivity index (χ0) is 18.9. The van der Waals surface area contributed by atoms with Crippen molar-refractivity contribution in [2.75, 3.05) is 38.6 Å². The summed E-state index contributed by atoms with van der Waals surface area (Å²) < 4.78 is 28.6. The van der Waals surface area contributed by atoms with Gasteiger partial charge in [0, 0.05) is 56.2 Å². The molecule has 0 saturated carbocycles. The largest absolute Gasteiger partial charge is 0.377 e. The molecule has 0 amide bonds. The van der Waals surface area contributed by atoms with Gasteiger partial charge in [0.2, 0.25) is 10.0 Å². The maximum Gasteiger partial charge on any atom is 0.241 e. The second kappa shape index (κ2) is 7.55. The lowest BCUT2D eigenvalue weighted by Gasteiger charge is -2.21. The third kappa shape index (κ3) is 3.87. The van der Waals surface area contributed by atoms with Gasteiger partial charge in [-0.2, -0.15) is 0 Å². The Morgan fingerprint density at radius 1 is 1.12 bits per heavy atom. The standard InChI is InChI=1S/C20H29N3O2S/c1-15-13-16(2)23(14-15)12-11-21-26(24,25)20-10-6-7-17-18(20)8-5-9-19(17)22(3)4/h5-10,15-16,21H,11-14H2,1-4H3. The van der Waals surface area contributed by atoms with Gasteiger partial charge in [-0.15, -0.1) is 0 Å². The van der Waals surface area contributed by atoms with Crippen LogP contribution in [0.5, 0.6) is 0 Å².